The van der Waals surface area contributed by atoms with Crippen LogP contribution in [0.1, 0.15) is 44.0 Å². The van der Waals surface area contributed by atoms with Gasteiger partial charge in [-0.2, -0.15) is 0 Å². The van der Waals surface area contributed by atoms with E-state index in [1.54, 1.807) is 0 Å². The quantitative estimate of drug-likeness (QED) is 0.919. The molecule has 1 aliphatic rings. The molecule has 1 saturated heterocycles. The summed E-state index contributed by atoms with van der Waals surface area (Å²) in [5.74, 6) is 0. The number of fused-ring (bicyclic) bond motifs is 1. The van der Waals surface area contributed by atoms with E-state index in [9.17, 15) is 0 Å². The number of nitrogens with two attached hydrogens (primary N) is 1. The fourth-order valence-electron chi connectivity index (χ4n) is 3.13. The lowest BCUT2D eigenvalue weighted by molar-refractivity contribution is 0.202. The van der Waals surface area contributed by atoms with Crippen LogP contribution in [-0.2, 0) is 6.54 Å². The van der Waals surface area contributed by atoms with Crippen LogP contribution in [0.2, 0.25) is 0 Å². The van der Waals surface area contributed by atoms with Gasteiger partial charge in [-0.25, -0.2) is 4.98 Å². The van der Waals surface area contributed by atoms with Gasteiger partial charge in [0.25, 0.3) is 0 Å². The number of likely N-dealkylation sites (tertiary alicyclic amines) is 1. The molecular formula is C15H22N4. The Labute approximate surface area is 114 Å². The summed E-state index contributed by atoms with van der Waals surface area (Å²) in [4.78, 5) is 7.38. The van der Waals surface area contributed by atoms with Crippen molar-refractivity contribution in [1.29, 1.82) is 0 Å². The van der Waals surface area contributed by atoms with Crippen LogP contribution in [0.3, 0.4) is 0 Å². The zero-order chi connectivity index (χ0) is 13.4. The van der Waals surface area contributed by atoms with Gasteiger partial charge in [-0.05, 0) is 39.3 Å². The second-order valence-corrected chi connectivity index (χ2v) is 5.62. The van der Waals surface area contributed by atoms with Gasteiger partial charge < -0.3 is 10.1 Å². The van der Waals surface area contributed by atoms with Crippen LogP contribution in [0.5, 0.6) is 0 Å². The molecule has 19 heavy (non-hydrogen) atoms. The van der Waals surface area contributed by atoms with E-state index in [1.165, 1.54) is 25.1 Å². The molecule has 1 fully saturated rings. The van der Waals surface area contributed by atoms with Crippen LogP contribution in [0.25, 0.3) is 5.65 Å². The van der Waals surface area contributed by atoms with Crippen molar-refractivity contribution in [3.63, 3.8) is 0 Å². The van der Waals surface area contributed by atoms with Gasteiger partial charge in [0.15, 0.2) is 0 Å². The van der Waals surface area contributed by atoms with Gasteiger partial charge >= 0.3 is 0 Å². The molecule has 0 saturated carbocycles. The van der Waals surface area contributed by atoms with E-state index in [0.717, 1.165) is 11.2 Å². The van der Waals surface area contributed by atoms with E-state index < -0.39 is 0 Å². The van der Waals surface area contributed by atoms with E-state index in [-0.39, 0.29) is 0 Å². The van der Waals surface area contributed by atoms with E-state index >= 15 is 0 Å². The molecule has 102 valence electrons. The fraction of sp³-hybridized carbons (Fsp3) is 0.533. The lowest BCUT2D eigenvalue weighted by Gasteiger charge is -2.26. The standard InChI is InChI=1S/C15H22N4/c1-11(2)19-8-4-6-14(19)13-10-18-7-3-5-12(9-16)15(18)17-13/h3,5,7,10-11,14H,4,6,8-9,16H2,1-2H3. The van der Waals surface area contributed by atoms with E-state index in [0.29, 0.717) is 18.6 Å². The van der Waals surface area contributed by atoms with Crippen molar-refractivity contribution in [3.8, 4) is 0 Å². The summed E-state index contributed by atoms with van der Waals surface area (Å²) in [6, 6.07) is 5.13. The van der Waals surface area contributed by atoms with Gasteiger partial charge in [0.05, 0.1) is 11.7 Å². The second-order valence-electron chi connectivity index (χ2n) is 5.62. The van der Waals surface area contributed by atoms with Crippen LogP contribution < -0.4 is 5.73 Å². The van der Waals surface area contributed by atoms with E-state index in [1.807, 2.05) is 6.07 Å². The third kappa shape index (κ3) is 2.15. The molecule has 0 bridgehead atoms. The molecule has 0 radical (unpaired) electrons. The van der Waals surface area contributed by atoms with Crippen LogP contribution in [0, 0.1) is 0 Å². The molecular weight excluding hydrogens is 236 g/mol. The van der Waals surface area contributed by atoms with Crippen molar-refractivity contribution in [3.05, 3.63) is 35.8 Å². The molecule has 4 heteroatoms. The van der Waals surface area contributed by atoms with Gasteiger partial charge in [-0.15, -0.1) is 0 Å². The average Bonchev–Trinajstić information content (AvgIpc) is 3.03. The highest BCUT2D eigenvalue weighted by Gasteiger charge is 2.29. The Morgan fingerprint density at radius 3 is 3.05 bits per heavy atom. The van der Waals surface area contributed by atoms with Crippen molar-refractivity contribution in [2.24, 2.45) is 5.73 Å². The molecule has 1 unspecified atom stereocenters. The minimum absolute atomic E-state index is 0.463. The first-order valence-corrected chi connectivity index (χ1v) is 7.13. The van der Waals surface area contributed by atoms with Crippen LogP contribution in [0.15, 0.2) is 24.5 Å². The zero-order valence-corrected chi connectivity index (χ0v) is 11.7. The monoisotopic (exact) mass is 258 g/mol. The second kappa shape index (κ2) is 4.94. The Bertz CT molecular complexity index is 573. The maximum atomic E-state index is 5.79. The Hall–Kier alpha value is -1.39. The highest BCUT2D eigenvalue weighted by molar-refractivity contribution is 5.49. The summed E-state index contributed by atoms with van der Waals surface area (Å²) in [7, 11) is 0. The van der Waals surface area contributed by atoms with Crippen molar-refractivity contribution in [1.82, 2.24) is 14.3 Å². The van der Waals surface area contributed by atoms with Crippen molar-refractivity contribution < 1.29 is 0 Å². The number of imidazole rings is 1. The zero-order valence-electron chi connectivity index (χ0n) is 11.7. The Morgan fingerprint density at radius 2 is 2.32 bits per heavy atom. The minimum atomic E-state index is 0.463. The van der Waals surface area contributed by atoms with Crippen LogP contribution in [0.4, 0.5) is 0 Å². The maximum Gasteiger partial charge on any atom is 0.141 e. The van der Waals surface area contributed by atoms with Crippen molar-refractivity contribution >= 4 is 5.65 Å². The van der Waals surface area contributed by atoms with Crippen LogP contribution in [-0.4, -0.2) is 26.9 Å². The van der Waals surface area contributed by atoms with E-state index in [2.05, 4.69) is 41.6 Å². The molecule has 2 N–H and O–H groups in total. The number of aromatic nitrogens is 2. The molecule has 0 aromatic carbocycles. The summed E-state index contributed by atoms with van der Waals surface area (Å²) in [6.07, 6.45) is 6.69. The molecule has 2 aromatic heterocycles. The smallest absolute Gasteiger partial charge is 0.141 e. The summed E-state index contributed by atoms with van der Waals surface area (Å²) in [6.45, 7) is 6.25. The SMILES string of the molecule is CC(C)N1CCCC1c1cn2cccc(CN)c2n1. The normalized spacial score (nSPS) is 20.7. The Morgan fingerprint density at radius 1 is 1.47 bits per heavy atom. The molecule has 2 aromatic rings. The molecule has 0 spiro atoms. The molecule has 0 amide bonds. The first-order valence-electron chi connectivity index (χ1n) is 7.13. The predicted molar refractivity (Wildman–Crippen MR) is 76.9 cm³/mol. The summed E-state index contributed by atoms with van der Waals surface area (Å²) in [5.41, 5.74) is 9.10. The third-order valence-electron chi connectivity index (χ3n) is 4.10. The fourth-order valence-corrected chi connectivity index (χ4v) is 3.13. The number of nitrogens with zero attached hydrogens (tertiary/aromatic N) is 3. The van der Waals surface area contributed by atoms with Gasteiger partial charge in [0.2, 0.25) is 0 Å². The average molecular weight is 258 g/mol. The van der Waals surface area contributed by atoms with E-state index in [4.69, 9.17) is 10.7 Å². The molecule has 3 rings (SSSR count). The number of hydrogen-bond donors (Lipinski definition) is 1. The minimum Gasteiger partial charge on any atom is -0.326 e. The van der Waals surface area contributed by atoms with Crippen LogP contribution >= 0.6 is 0 Å². The van der Waals surface area contributed by atoms with Gasteiger partial charge in [0, 0.05) is 30.5 Å². The number of hydrogen-bond acceptors (Lipinski definition) is 3. The Kier molecular flexibility index (Phi) is 3.29. The summed E-state index contributed by atoms with van der Waals surface area (Å²) >= 11 is 0. The number of rotatable bonds is 3. The largest absolute Gasteiger partial charge is 0.326 e. The molecule has 1 atom stereocenters. The predicted octanol–water partition coefficient (Wildman–Crippen LogP) is 2.34. The first-order chi connectivity index (χ1) is 9.20. The lowest BCUT2D eigenvalue weighted by atomic mass is 10.1. The van der Waals surface area contributed by atoms with Gasteiger partial charge in [0.1, 0.15) is 5.65 Å². The molecule has 3 heterocycles. The lowest BCUT2D eigenvalue weighted by Crippen LogP contribution is -2.30. The highest BCUT2D eigenvalue weighted by atomic mass is 15.2. The maximum absolute atomic E-state index is 5.79. The van der Waals surface area contributed by atoms with Crippen molar-refractivity contribution in [2.75, 3.05) is 6.54 Å². The molecule has 0 aliphatic carbocycles. The highest BCUT2D eigenvalue weighted by Crippen LogP contribution is 2.33. The van der Waals surface area contributed by atoms with Gasteiger partial charge in [-0.3, -0.25) is 4.90 Å². The topological polar surface area (TPSA) is 46.6 Å². The van der Waals surface area contributed by atoms with Crippen molar-refractivity contribution in [2.45, 2.75) is 45.3 Å². The Balaban J connectivity index is 2.01. The summed E-state index contributed by atoms with van der Waals surface area (Å²) < 4.78 is 2.11. The first kappa shape index (κ1) is 12.6. The third-order valence-corrected chi connectivity index (χ3v) is 4.10. The summed E-state index contributed by atoms with van der Waals surface area (Å²) in [5, 5.41) is 0. The molecule has 4 nitrogen and oxygen atoms in total. The van der Waals surface area contributed by atoms with Gasteiger partial charge in [-0.1, -0.05) is 6.07 Å². The number of pyridine rings is 1. The molecule has 1 aliphatic heterocycles.